The second kappa shape index (κ2) is 9.31. The van der Waals surface area contributed by atoms with Gasteiger partial charge in [-0.25, -0.2) is 4.98 Å². The second-order valence-electron chi connectivity index (χ2n) is 8.18. The largest absolute Gasteiger partial charge is 0.424 e. The summed E-state index contributed by atoms with van der Waals surface area (Å²) in [5, 5.41) is 9.20. The number of aryl methyl sites for hydroxylation is 1. The van der Waals surface area contributed by atoms with E-state index < -0.39 is 11.7 Å². The van der Waals surface area contributed by atoms with Crippen molar-refractivity contribution in [2.75, 3.05) is 68.7 Å². The maximum Gasteiger partial charge on any atom is 0.416 e. The van der Waals surface area contributed by atoms with Crippen LogP contribution >= 0.6 is 0 Å². The summed E-state index contributed by atoms with van der Waals surface area (Å²) >= 11 is 0. The number of benzene rings is 1. The van der Waals surface area contributed by atoms with Crippen molar-refractivity contribution in [2.24, 2.45) is 0 Å². The number of carbonyl (C=O) groups excluding carboxylic acids is 1. The zero-order chi connectivity index (χ0) is 23.6. The molecule has 0 saturated carbocycles. The van der Waals surface area contributed by atoms with Gasteiger partial charge in [-0.1, -0.05) is 6.07 Å². The molecule has 4 rings (SSSR count). The van der Waals surface area contributed by atoms with Gasteiger partial charge in [-0.05, 0) is 18.2 Å². The van der Waals surface area contributed by atoms with Gasteiger partial charge >= 0.3 is 6.18 Å². The van der Waals surface area contributed by atoms with Crippen molar-refractivity contribution in [3.05, 3.63) is 41.4 Å². The number of amides is 1. The molecule has 0 N–H and O–H groups in total. The number of nitrogens with zero attached hydrogens (tertiary/aromatic N) is 6. The molecule has 2 fully saturated rings. The Kier molecular flexibility index (Phi) is 6.47. The number of rotatable bonds is 4. The van der Waals surface area contributed by atoms with Gasteiger partial charge in [-0.3, -0.25) is 9.69 Å². The molecule has 1 aromatic carbocycles. The molecule has 2 saturated heterocycles. The fourth-order valence-electron chi connectivity index (χ4n) is 4.20. The van der Waals surface area contributed by atoms with Gasteiger partial charge in [0.05, 0.1) is 12.1 Å². The summed E-state index contributed by atoms with van der Waals surface area (Å²) in [5.41, 5.74) is 0.149. The van der Waals surface area contributed by atoms with Gasteiger partial charge in [0.1, 0.15) is 6.07 Å². The van der Waals surface area contributed by atoms with Crippen LogP contribution in [0.5, 0.6) is 0 Å². The molecule has 0 atom stereocenters. The lowest BCUT2D eigenvalue weighted by atomic mass is 10.1. The van der Waals surface area contributed by atoms with Crippen LogP contribution in [0.3, 0.4) is 0 Å². The number of anilines is 2. The number of carbonyl (C=O) groups is 1. The number of aromatic nitrogens is 1. The molecule has 33 heavy (non-hydrogen) atoms. The lowest BCUT2D eigenvalue weighted by Gasteiger charge is -2.38. The van der Waals surface area contributed by atoms with E-state index in [1.807, 2.05) is 20.8 Å². The third kappa shape index (κ3) is 5.22. The first-order chi connectivity index (χ1) is 15.7. The fourth-order valence-corrected chi connectivity index (χ4v) is 4.20. The molecule has 11 heteroatoms. The van der Waals surface area contributed by atoms with E-state index in [1.54, 1.807) is 17.9 Å². The highest BCUT2D eigenvalue weighted by Crippen LogP contribution is 2.32. The van der Waals surface area contributed by atoms with Gasteiger partial charge < -0.3 is 19.1 Å². The molecular formula is C22H25F3N6O2. The van der Waals surface area contributed by atoms with Crippen LogP contribution in [0.4, 0.5) is 24.7 Å². The molecule has 8 nitrogen and oxygen atoms in total. The van der Waals surface area contributed by atoms with Crippen molar-refractivity contribution < 1.29 is 22.4 Å². The SMILES string of the molecule is Cc1nc(C#N)c(N2CCN(C(=O)CN3CCN(c4cccc(C(F)(F)F)c4)CC3)CC2)o1. The summed E-state index contributed by atoms with van der Waals surface area (Å²) < 4.78 is 44.5. The van der Waals surface area contributed by atoms with E-state index in [9.17, 15) is 23.2 Å². The Morgan fingerprint density at radius 2 is 1.76 bits per heavy atom. The molecule has 0 aliphatic carbocycles. The van der Waals surface area contributed by atoms with Gasteiger partial charge in [-0.15, -0.1) is 0 Å². The third-order valence-electron chi connectivity index (χ3n) is 6.01. The van der Waals surface area contributed by atoms with Crippen LogP contribution in [0.1, 0.15) is 17.1 Å². The summed E-state index contributed by atoms with van der Waals surface area (Å²) in [6.45, 7) is 6.44. The van der Waals surface area contributed by atoms with Crippen LogP contribution in [0.25, 0.3) is 0 Å². The molecule has 0 spiro atoms. The van der Waals surface area contributed by atoms with E-state index in [0.29, 0.717) is 69.8 Å². The van der Waals surface area contributed by atoms with E-state index in [2.05, 4.69) is 4.98 Å². The number of halogens is 3. The van der Waals surface area contributed by atoms with Crippen molar-refractivity contribution in [1.29, 1.82) is 5.26 Å². The minimum Gasteiger partial charge on any atom is -0.424 e. The minimum absolute atomic E-state index is 0.0245. The minimum atomic E-state index is -4.36. The Morgan fingerprint density at radius 1 is 1.09 bits per heavy atom. The maximum atomic E-state index is 13.0. The monoisotopic (exact) mass is 462 g/mol. The highest BCUT2D eigenvalue weighted by atomic mass is 19.4. The Bertz CT molecular complexity index is 1030. The normalized spacial score (nSPS) is 17.8. The van der Waals surface area contributed by atoms with Gasteiger partial charge in [0.2, 0.25) is 17.5 Å². The zero-order valence-corrected chi connectivity index (χ0v) is 18.3. The average molecular weight is 462 g/mol. The highest BCUT2D eigenvalue weighted by molar-refractivity contribution is 5.78. The number of piperazine rings is 2. The maximum absolute atomic E-state index is 13.0. The summed E-state index contributed by atoms with van der Waals surface area (Å²) in [6.07, 6.45) is -4.36. The first-order valence-electron chi connectivity index (χ1n) is 10.8. The number of hydrogen-bond acceptors (Lipinski definition) is 7. The molecule has 2 aliphatic rings. The molecular weight excluding hydrogens is 437 g/mol. The van der Waals surface area contributed by atoms with Crippen molar-refractivity contribution >= 4 is 17.5 Å². The number of hydrogen-bond donors (Lipinski definition) is 0. The van der Waals surface area contributed by atoms with E-state index in [0.717, 1.165) is 6.07 Å². The summed E-state index contributed by atoms with van der Waals surface area (Å²) in [5.74, 6) is 0.911. The second-order valence-corrected chi connectivity index (χ2v) is 8.18. The summed E-state index contributed by atoms with van der Waals surface area (Å²) in [7, 11) is 0. The Labute approximate surface area is 189 Å². The molecule has 176 valence electrons. The van der Waals surface area contributed by atoms with E-state index in [1.165, 1.54) is 12.1 Å². The van der Waals surface area contributed by atoms with Gasteiger partial charge in [-0.2, -0.15) is 18.4 Å². The van der Waals surface area contributed by atoms with Crippen molar-refractivity contribution in [2.45, 2.75) is 13.1 Å². The first kappa shape index (κ1) is 22.9. The topological polar surface area (TPSA) is 79.9 Å². The molecule has 0 bridgehead atoms. The third-order valence-corrected chi connectivity index (χ3v) is 6.01. The Balaban J connectivity index is 1.26. The number of alkyl halides is 3. The quantitative estimate of drug-likeness (QED) is 0.690. The predicted octanol–water partition coefficient (Wildman–Crippen LogP) is 2.34. The number of oxazole rings is 1. The number of nitriles is 1. The van der Waals surface area contributed by atoms with Crippen molar-refractivity contribution in [3.63, 3.8) is 0 Å². The molecule has 2 aromatic rings. The van der Waals surface area contributed by atoms with Crippen LogP contribution in [0.15, 0.2) is 28.7 Å². The Morgan fingerprint density at radius 3 is 2.39 bits per heavy atom. The predicted molar refractivity (Wildman–Crippen MR) is 115 cm³/mol. The average Bonchev–Trinajstić information content (AvgIpc) is 3.20. The lowest BCUT2D eigenvalue weighted by molar-refractivity contribution is -0.137. The van der Waals surface area contributed by atoms with E-state index in [-0.39, 0.29) is 18.1 Å². The van der Waals surface area contributed by atoms with Crippen LogP contribution in [-0.2, 0) is 11.0 Å². The van der Waals surface area contributed by atoms with E-state index >= 15 is 0 Å². The molecule has 2 aliphatic heterocycles. The molecule has 1 aromatic heterocycles. The fraction of sp³-hybridized carbons (Fsp3) is 0.500. The Hall–Kier alpha value is -3.26. The van der Waals surface area contributed by atoms with E-state index in [4.69, 9.17) is 4.42 Å². The van der Waals surface area contributed by atoms with Crippen LogP contribution in [0.2, 0.25) is 0 Å². The van der Waals surface area contributed by atoms with Gasteiger partial charge in [0.15, 0.2) is 5.89 Å². The van der Waals surface area contributed by atoms with Crippen LogP contribution in [0, 0.1) is 18.3 Å². The molecule has 0 unspecified atom stereocenters. The molecule has 0 radical (unpaired) electrons. The van der Waals surface area contributed by atoms with Crippen molar-refractivity contribution in [1.82, 2.24) is 14.8 Å². The summed E-state index contributed by atoms with van der Waals surface area (Å²) in [6, 6.07) is 7.39. The zero-order valence-electron chi connectivity index (χ0n) is 18.3. The van der Waals surface area contributed by atoms with Crippen LogP contribution in [-0.4, -0.2) is 79.6 Å². The highest BCUT2D eigenvalue weighted by Gasteiger charge is 2.31. The van der Waals surface area contributed by atoms with Gasteiger partial charge in [0, 0.05) is 65.0 Å². The van der Waals surface area contributed by atoms with Crippen molar-refractivity contribution in [3.8, 4) is 6.07 Å². The summed E-state index contributed by atoms with van der Waals surface area (Å²) in [4.78, 5) is 24.5. The van der Waals surface area contributed by atoms with Gasteiger partial charge in [0.25, 0.3) is 0 Å². The first-order valence-corrected chi connectivity index (χ1v) is 10.8. The lowest BCUT2D eigenvalue weighted by Crippen LogP contribution is -2.54. The molecule has 1 amide bonds. The smallest absolute Gasteiger partial charge is 0.416 e. The van der Waals surface area contributed by atoms with Crippen LogP contribution < -0.4 is 9.80 Å². The standard InChI is InChI=1S/C22H25F3N6O2/c1-16-27-19(14-26)21(33-16)31-11-9-30(10-12-31)20(32)15-28-5-7-29(8-6-28)18-4-2-3-17(13-18)22(23,24)25/h2-4,13H,5-12,15H2,1H3. The molecule has 3 heterocycles.